The second kappa shape index (κ2) is 11.8. The van der Waals surface area contributed by atoms with Gasteiger partial charge in [-0.15, -0.1) is 0 Å². The van der Waals surface area contributed by atoms with Crippen molar-refractivity contribution in [1.29, 1.82) is 0 Å². The van der Waals surface area contributed by atoms with E-state index in [4.69, 9.17) is 13.9 Å². The van der Waals surface area contributed by atoms with Gasteiger partial charge in [0.2, 0.25) is 5.91 Å². The molecule has 0 atom stereocenters. The highest BCUT2D eigenvalue weighted by atomic mass is 16.5. The van der Waals surface area contributed by atoms with E-state index in [1.165, 1.54) is 14.2 Å². The van der Waals surface area contributed by atoms with Crippen LogP contribution in [0.2, 0.25) is 0 Å². The third-order valence-corrected chi connectivity index (χ3v) is 6.56. The van der Waals surface area contributed by atoms with E-state index in [1.54, 1.807) is 12.1 Å². The first-order chi connectivity index (χ1) is 17.9. The predicted octanol–water partition coefficient (Wildman–Crippen LogP) is 4.34. The standard InChI is InChI=1S/C28H33N3O6/c1-4-5-6-26(33)29-19-11-13-31(14-12-19)20-9-7-18(8-10-20)30-28(34)25-17-22(32)27-23(36-3)15-21(35-2)16-24(27)37-25/h7-10,15-17,19H,4-6,11-14H2,1-3H3,(H,29,33)(H,30,34). The smallest absolute Gasteiger partial charge is 0.291 e. The Morgan fingerprint density at radius 3 is 2.43 bits per heavy atom. The molecule has 37 heavy (non-hydrogen) atoms. The van der Waals surface area contributed by atoms with Crippen LogP contribution in [0.3, 0.4) is 0 Å². The van der Waals surface area contributed by atoms with E-state index in [9.17, 15) is 14.4 Å². The second-order valence-corrected chi connectivity index (χ2v) is 9.11. The van der Waals surface area contributed by atoms with Gasteiger partial charge in [0.1, 0.15) is 22.5 Å². The first-order valence-corrected chi connectivity index (χ1v) is 12.6. The van der Waals surface area contributed by atoms with Crippen LogP contribution in [0.5, 0.6) is 11.5 Å². The number of carbonyl (C=O) groups excluding carboxylic acids is 2. The zero-order valence-electron chi connectivity index (χ0n) is 21.5. The molecule has 4 rings (SSSR count). The fourth-order valence-electron chi connectivity index (χ4n) is 4.49. The topological polar surface area (TPSA) is 110 Å². The Labute approximate surface area is 215 Å². The summed E-state index contributed by atoms with van der Waals surface area (Å²) >= 11 is 0. The number of nitrogens with one attached hydrogen (secondary N) is 2. The molecule has 1 aliphatic heterocycles. The molecule has 9 nitrogen and oxygen atoms in total. The van der Waals surface area contributed by atoms with Gasteiger partial charge in [0.05, 0.1) is 14.2 Å². The number of rotatable bonds is 9. The van der Waals surface area contributed by atoms with Crippen LogP contribution in [-0.2, 0) is 4.79 Å². The number of piperidine rings is 1. The Kier molecular flexibility index (Phi) is 8.32. The molecule has 1 aliphatic rings. The normalized spacial score (nSPS) is 13.9. The van der Waals surface area contributed by atoms with Crippen LogP contribution in [0.1, 0.15) is 49.6 Å². The number of anilines is 2. The van der Waals surface area contributed by atoms with Gasteiger partial charge in [0, 0.05) is 55.1 Å². The number of hydrogen-bond acceptors (Lipinski definition) is 7. The summed E-state index contributed by atoms with van der Waals surface area (Å²) in [6.07, 6.45) is 4.32. The van der Waals surface area contributed by atoms with Gasteiger partial charge in [-0.05, 0) is 43.5 Å². The molecule has 0 radical (unpaired) electrons. The molecule has 0 bridgehead atoms. The van der Waals surface area contributed by atoms with Crippen molar-refractivity contribution in [2.75, 3.05) is 37.5 Å². The summed E-state index contributed by atoms with van der Waals surface area (Å²) in [5, 5.41) is 6.17. The van der Waals surface area contributed by atoms with Gasteiger partial charge in [-0.3, -0.25) is 14.4 Å². The monoisotopic (exact) mass is 507 g/mol. The minimum Gasteiger partial charge on any atom is -0.496 e. The maximum absolute atomic E-state index is 12.8. The SMILES string of the molecule is CCCCC(=O)NC1CCN(c2ccc(NC(=O)c3cc(=O)c4c(OC)cc(OC)cc4o3)cc2)CC1. The van der Waals surface area contributed by atoms with Gasteiger partial charge in [-0.25, -0.2) is 0 Å². The summed E-state index contributed by atoms with van der Waals surface area (Å²) in [6.45, 7) is 3.78. The number of unbranched alkanes of at least 4 members (excludes halogenated alkanes) is 1. The van der Waals surface area contributed by atoms with Crippen LogP contribution in [0.4, 0.5) is 11.4 Å². The van der Waals surface area contributed by atoms with E-state index in [1.807, 2.05) is 24.3 Å². The Balaban J connectivity index is 1.39. The number of hydrogen-bond donors (Lipinski definition) is 2. The zero-order chi connectivity index (χ0) is 26.4. The van der Waals surface area contributed by atoms with Crippen LogP contribution in [0.25, 0.3) is 11.0 Å². The van der Waals surface area contributed by atoms with Crippen molar-refractivity contribution in [2.24, 2.45) is 0 Å². The molecule has 2 aromatic carbocycles. The molecule has 3 aromatic rings. The van der Waals surface area contributed by atoms with Crippen molar-refractivity contribution in [2.45, 2.75) is 45.1 Å². The minimum atomic E-state index is -0.534. The lowest BCUT2D eigenvalue weighted by atomic mass is 10.0. The van der Waals surface area contributed by atoms with Crippen LogP contribution < -0.4 is 30.4 Å². The van der Waals surface area contributed by atoms with E-state index < -0.39 is 5.91 Å². The number of nitrogens with zero attached hydrogens (tertiary/aromatic N) is 1. The van der Waals surface area contributed by atoms with Crippen molar-refractivity contribution in [1.82, 2.24) is 5.32 Å². The summed E-state index contributed by atoms with van der Waals surface area (Å²) in [4.78, 5) is 39.8. The van der Waals surface area contributed by atoms with Crippen LogP contribution >= 0.6 is 0 Å². The second-order valence-electron chi connectivity index (χ2n) is 9.11. The molecule has 0 saturated carbocycles. The molecule has 0 unspecified atom stereocenters. The molecule has 1 aromatic heterocycles. The molecule has 1 fully saturated rings. The fraction of sp³-hybridized carbons (Fsp3) is 0.393. The lowest BCUT2D eigenvalue weighted by molar-refractivity contribution is -0.122. The van der Waals surface area contributed by atoms with Crippen molar-refractivity contribution in [3.05, 3.63) is 58.4 Å². The van der Waals surface area contributed by atoms with E-state index in [-0.39, 0.29) is 34.1 Å². The summed E-state index contributed by atoms with van der Waals surface area (Å²) in [5.74, 6) is 0.256. The van der Waals surface area contributed by atoms with Gasteiger partial charge in [-0.2, -0.15) is 0 Å². The summed E-state index contributed by atoms with van der Waals surface area (Å²) in [5.41, 5.74) is 1.45. The lowest BCUT2D eigenvalue weighted by Gasteiger charge is -2.34. The molecule has 2 heterocycles. The van der Waals surface area contributed by atoms with E-state index in [0.29, 0.717) is 23.6 Å². The Morgan fingerprint density at radius 2 is 1.78 bits per heavy atom. The van der Waals surface area contributed by atoms with Gasteiger partial charge in [0.25, 0.3) is 5.91 Å². The summed E-state index contributed by atoms with van der Waals surface area (Å²) in [7, 11) is 2.94. The Morgan fingerprint density at radius 1 is 1.05 bits per heavy atom. The van der Waals surface area contributed by atoms with Crippen molar-refractivity contribution in [3.8, 4) is 11.5 Å². The first kappa shape index (κ1) is 26.1. The molecule has 0 spiro atoms. The number of amides is 2. The summed E-state index contributed by atoms with van der Waals surface area (Å²) in [6, 6.07) is 12.0. The van der Waals surface area contributed by atoms with Gasteiger partial charge >= 0.3 is 0 Å². The third kappa shape index (κ3) is 6.22. The molecular formula is C28H33N3O6. The molecule has 1 saturated heterocycles. The quantitative estimate of drug-likeness (QED) is 0.443. The Bertz CT molecular complexity index is 1310. The maximum atomic E-state index is 12.8. The average molecular weight is 508 g/mol. The van der Waals surface area contributed by atoms with Crippen molar-refractivity contribution < 1.29 is 23.5 Å². The van der Waals surface area contributed by atoms with Crippen molar-refractivity contribution >= 4 is 34.2 Å². The Hall–Kier alpha value is -4.01. The summed E-state index contributed by atoms with van der Waals surface area (Å²) < 4.78 is 16.2. The number of ether oxygens (including phenoxy) is 2. The number of methoxy groups -OCH3 is 2. The molecule has 0 aliphatic carbocycles. The molecule has 2 N–H and O–H groups in total. The number of carbonyl (C=O) groups is 2. The van der Waals surface area contributed by atoms with Crippen molar-refractivity contribution in [3.63, 3.8) is 0 Å². The van der Waals surface area contributed by atoms with E-state index in [0.717, 1.165) is 50.5 Å². The maximum Gasteiger partial charge on any atom is 0.291 e. The van der Waals surface area contributed by atoms with E-state index >= 15 is 0 Å². The van der Waals surface area contributed by atoms with Crippen LogP contribution in [0.15, 0.2) is 51.7 Å². The molecular weight excluding hydrogens is 474 g/mol. The molecule has 2 amide bonds. The van der Waals surface area contributed by atoms with Gasteiger partial charge in [0.15, 0.2) is 11.2 Å². The fourth-order valence-corrected chi connectivity index (χ4v) is 4.49. The van der Waals surface area contributed by atoms with Gasteiger partial charge < -0.3 is 29.4 Å². The first-order valence-electron chi connectivity index (χ1n) is 12.6. The van der Waals surface area contributed by atoms with Crippen LogP contribution in [0, 0.1) is 0 Å². The predicted molar refractivity (Wildman–Crippen MR) is 143 cm³/mol. The minimum absolute atomic E-state index is 0.111. The largest absolute Gasteiger partial charge is 0.496 e. The number of benzene rings is 2. The zero-order valence-corrected chi connectivity index (χ0v) is 21.5. The molecule has 9 heteroatoms. The van der Waals surface area contributed by atoms with Gasteiger partial charge in [-0.1, -0.05) is 13.3 Å². The highest BCUT2D eigenvalue weighted by molar-refractivity contribution is 6.03. The lowest BCUT2D eigenvalue weighted by Crippen LogP contribution is -2.44. The average Bonchev–Trinajstić information content (AvgIpc) is 2.91. The highest BCUT2D eigenvalue weighted by Gasteiger charge is 2.21. The van der Waals surface area contributed by atoms with E-state index in [2.05, 4.69) is 22.5 Å². The highest BCUT2D eigenvalue weighted by Crippen LogP contribution is 2.29. The third-order valence-electron chi connectivity index (χ3n) is 6.56. The number of fused-ring (bicyclic) bond motifs is 1. The molecule has 196 valence electrons. The van der Waals surface area contributed by atoms with Crippen LogP contribution in [-0.4, -0.2) is 45.2 Å².